The smallest absolute Gasteiger partial charge is 0.393 e. The number of carbonyl (C=O) groups is 1. The Hall–Kier alpha value is -1.80. The van der Waals surface area contributed by atoms with Gasteiger partial charge in [-0.05, 0) is 31.0 Å². The molecule has 2 amide bonds. The van der Waals surface area contributed by atoms with Crippen molar-refractivity contribution in [3.8, 4) is 0 Å². The summed E-state index contributed by atoms with van der Waals surface area (Å²) in [5.41, 5.74) is -0.139. The molecule has 2 atom stereocenters. The van der Waals surface area contributed by atoms with Gasteiger partial charge in [0.05, 0.1) is 30.9 Å². The zero-order valence-electron chi connectivity index (χ0n) is 13.3. The Morgan fingerprint density at radius 2 is 2.08 bits per heavy atom. The number of hydrogen-bond acceptors (Lipinski definition) is 3. The molecule has 0 aliphatic carbocycles. The summed E-state index contributed by atoms with van der Waals surface area (Å²) < 4.78 is 42.9. The summed E-state index contributed by atoms with van der Waals surface area (Å²) in [6.45, 7) is 2.97. The van der Waals surface area contributed by atoms with Crippen LogP contribution >= 0.6 is 0 Å². The molecule has 1 aliphatic rings. The molecule has 1 aromatic rings. The number of aliphatic hydroxyl groups excluding tert-OH is 1. The van der Waals surface area contributed by atoms with Gasteiger partial charge >= 0.3 is 12.2 Å². The summed E-state index contributed by atoms with van der Waals surface area (Å²) in [6, 6.07) is 4.14. The maximum Gasteiger partial charge on any atom is 0.416 e. The molecule has 24 heavy (non-hydrogen) atoms. The average molecular weight is 346 g/mol. The van der Waals surface area contributed by atoms with Gasteiger partial charge in [0.1, 0.15) is 0 Å². The second-order valence-electron chi connectivity index (χ2n) is 5.86. The van der Waals surface area contributed by atoms with E-state index in [1.807, 2.05) is 0 Å². The van der Waals surface area contributed by atoms with Gasteiger partial charge in [0.25, 0.3) is 0 Å². The van der Waals surface area contributed by atoms with Gasteiger partial charge < -0.3 is 20.1 Å². The van der Waals surface area contributed by atoms with E-state index in [1.54, 1.807) is 11.8 Å². The predicted octanol–water partition coefficient (Wildman–Crippen LogP) is 2.39. The zero-order chi connectivity index (χ0) is 17.7. The maximum atomic E-state index is 12.5. The molecule has 1 fully saturated rings. The van der Waals surface area contributed by atoms with Crippen LogP contribution in [0.1, 0.15) is 24.5 Å². The monoisotopic (exact) mass is 346 g/mol. The van der Waals surface area contributed by atoms with Gasteiger partial charge in [-0.3, -0.25) is 0 Å². The van der Waals surface area contributed by atoms with Crippen molar-refractivity contribution in [2.45, 2.75) is 38.2 Å². The first kappa shape index (κ1) is 18.5. The van der Waals surface area contributed by atoms with Gasteiger partial charge in [0.15, 0.2) is 0 Å². The number of morpholine rings is 1. The number of carbonyl (C=O) groups excluding carboxylic acids is 1. The Kier molecular flexibility index (Phi) is 6.06. The highest BCUT2D eigenvalue weighted by molar-refractivity contribution is 5.74. The Morgan fingerprint density at radius 3 is 2.67 bits per heavy atom. The van der Waals surface area contributed by atoms with E-state index in [2.05, 4.69) is 5.32 Å². The minimum Gasteiger partial charge on any atom is -0.393 e. The first-order valence-electron chi connectivity index (χ1n) is 7.74. The third kappa shape index (κ3) is 5.10. The lowest BCUT2D eigenvalue weighted by Gasteiger charge is -2.36. The van der Waals surface area contributed by atoms with Gasteiger partial charge in [0, 0.05) is 13.1 Å². The third-order valence-corrected chi connectivity index (χ3v) is 3.83. The summed E-state index contributed by atoms with van der Waals surface area (Å²) in [5.74, 6) is 0. The molecule has 0 aromatic heterocycles. The molecule has 1 saturated heterocycles. The number of benzene rings is 1. The van der Waals surface area contributed by atoms with E-state index >= 15 is 0 Å². The van der Waals surface area contributed by atoms with Gasteiger partial charge in [-0.25, -0.2) is 4.79 Å². The standard InChI is InChI=1S/C16H21F3N2O3/c1-11(22)8-14-10-24-7-6-21(14)15(23)20-9-12-2-4-13(5-3-12)16(17,18)19/h2-5,11,14,22H,6-10H2,1H3,(H,20,23)/t11-,14+/m0/s1. The molecular weight excluding hydrogens is 325 g/mol. The zero-order valence-corrected chi connectivity index (χ0v) is 13.3. The number of nitrogens with zero attached hydrogens (tertiary/aromatic N) is 1. The lowest BCUT2D eigenvalue weighted by molar-refractivity contribution is -0.137. The second kappa shape index (κ2) is 7.85. The van der Waals surface area contributed by atoms with Gasteiger partial charge in [-0.15, -0.1) is 0 Å². The van der Waals surface area contributed by atoms with Crippen molar-refractivity contribution >= 4 is 6.03 Å². The molecule has 0 saturated carbocycles. The van der Waals surface area contributed by atoms with E-state index in [0.717, 1.165) is 12.1 Å². The quantitative estimate of drug-likeness (QED) is 0.880. The Morgan fingerprint density at radius 1 is 1.42 bits per heavy atom. The van der Waals surface area contributed by atoms with Crippen molar-refractivity contribution in [3.63, 3.8) is 0 Å². The highest BCUT2D eigenvalue weighted by Gasteiger charge is 2.30. The number of nitrogens with one attached hydrogen (secondary N) is 1. The molecule has 0 bridgehead atoms. The molecule has 0 spiro atoms. The summed E-state index contributed by atoms with van der Waals surface area (Å²) in [4.78, 5) is 13.9. The summed E-state index contributed by atoms with van der Waals surface area (Å²) >= 11 is 0. The number of alkyl halides is 3. The molecule has 134 valence electrons. The first-order valence-corrected chi connectivity index (χ1v) is 7.74. The van der Waals surface area contributed by atoms with Gasteiger partial charge in [-0.1, -0.05) is 12.1 Å². The lowest BCUT2D eigenvalue weighted by Crippen LogP contribution is -2.53. The normalized spacial score (nSPS) is 19.9. The fraction of sp³-hybridized carbons (Fsp3) is 0.562. The SMILES string of the molecule is C[C@H](O)C[C@@H]1COCCN1C(=O)NCc1ccc(C(F)(F)F)cc1. The molecule has 1 aromatic carbocycles. The maximum absolute atomic E-state index is 12.5. The molecule has 8 heteroatoms. The summed E-state index contributed by atoms with van der Waals surface area (Å²) in [5, 5.41) is 12.2. The molecular formula is C16H21F3N2O3. The van der Waals surface area contributed by atoms with E-state index in [9.17, 15) is 23.1 Å². The van der Waals surface area contributed by atoms with Crippen molar-refractivity contribution in [1.29, 1.82) is 0 Å². The molecule has 1 aliphatic heterocycles. The summed E-state index contributed by atoms with van der Waals surface area (Å²) in [7, 11) is 0. The van der Waals surface area contributed by atoms with Crippen LogP contribution in [0.25, 0.3) is 0 Å². The van der Waals surface area contributed by atoms with Gasteiger partial charge in [0.2, 0.25) is 0 Å². The lowest BCUT2D eigenvalue weighted by atomic mass is 10.1. The summed E-state index contributed by atoms with van der Waals surface area (Å²) in [6.07, 6.45) is -4.51. The minimum atomic E-state index is -4.37. The molecule has 5 nitrogen and oxygen atoms in total. The van der Waals surface area contributed by atoms with E-state index in [4.69, 9.17) is 4.74 Å². The van der Waals surface area contributed by atoms with Crippen molar-refractivity contribution in [2.24, 2.45) is 0 Å². The topological polar surface area (TPSA) is 61.8 Å². The average Bonchev–Trinajstić information content (AvgIpc) is 2.52. The number of halogens is 3. The number of amides is 2. The molecule has 1 heterocycles. The van der Waals surface area contributed by atoms with Crippen molar-refractivity contribution in [3.05, 3.63) is 35.4 Å². The van der Waals surface area contributed by atoms with Crippen LogP contribution in [0.15, 0.2) is 24.3 Å². The number of rotatable bonds is 4. The van der Waals surface area contributed by atoms with Crippen LogP contribution < -0.4 is 5.32 Å². The van der Waals surface area contributed by atoms with Gasteiger partial charge in [-0.2, -0.15) is 13.2 Å². The van der Waals surface area contributed by atoms with Crippen LogP contribution in [0.2, 0.25) is 0 Å². The molecule has 0 radical (unpaired) electrons. The van der Waals surface area contributed by atoms with Crippen molar-refractivity contribution < 1.29 is 27.8 Å². The van der Waals surface area contributed by atoms with Crippen LogP contribution in [-0.2, 0) is 17.5 Å². The van der Waals surface area contributed by atoms with E-state index < -0.39 is 17.8 Å². The highest BCUT2D eigenvalue weighted by atomic mass is 19.4. The molecule has 0 unspecified atom stereocenters. The van der Waals surface area contributed by atoms with Crippen molar-refractivity contribution in [2.75, 3.05) is 19.8 Å². The van der Waals surface area contributed by atoms with E-state index in [1.165, 1.54) is 12.1 Å². The Bertz CT molecular complexity index is 546. The largest absolute Gasteiger partial charge is 0.416 e. The number of aliphatic hydroxyl groups is 1. The molecule has 2 rings (SSSR count). The predicted molar refractivity (Wildman–Crippen MR) is 81.3 cm³/mol. The van der Waals surface area contributed by atoms with E-state index in [0.29, 0.717) is 31.7 Å². The third-order valence-electron chi connectivity index (χ3n) is 3.83. The number of hydrogen-bond donors (Lipinski definition) is 2. The van der Waals surface area contributed by atoms with Crippen LogP contribution in [0.4, 0.5) is 18.0 Å². The van der Waals surface area contributed by atoms with E-state index in [-0.39, 0.29) is 18.6 Å². The Balaban J connectivity index is 1.91. The van der Waals surface area contributed by atoms with Crippen LogP contribution in [0.3, 0.4) is 0 Å². The van der Waals surface area contributed by atoms with Crippen LogP contribution in [0, 0.1) is 0 Å². The number of urea groups is 1. The first-order chi connectivity index (χ1) is 11.3. The van der Waals surface area contributed by atoms with Crippen LogP contribution in [-0.4, -0.2) is 47.9 Å². The fourth-order valence-electron chi connectivity index (χ4n) is 2.60. The van der Waals surface area contributed by atoms with Crippen LogP contribution in [0.5, 0.6) is 0 Å². The Labute approximate surface area is 138 Å². The highest BCUT2D eigenvalue weighted by Crippen LogP contribution is 2.29. The fourth-order valence-corrected chi connectivity index (χ4v) is 2.60. The molecule has 2 N–H and O–H groups in total. The second-order valence-corrected chi connectivity index (χ2v) is 5.86. The van der Waals surface area contributed by atoms with Crippen molar-refractivity contribution in [1.82, 2.24) is 10.2 Å². The number of ether oxygens (including phenoxy) is 1. The minimum absolute atomic E-state index is 0.135.